The second-order valence-corrected chi connectivity index (χ2v) is 8.37. The number of rotatable bonds is 6. The largest absolute Gasteiger partial charge is 0.325 e. The number of anilines is 1. The van der Waals surface area contributed by atoms with Gasteiger partial charge in [0, 0.05) is 33.8 Å². The molecule has 0 spiro atoms. The standard InChI is InChI=1S/C22H18BrN5OS/c1-15-12-17(23)9-10-19(15)25-20(29)14-30-22-27-26-21(16-6-5-11-24-13-16)28(22)18-7-3-2-4-8-18/h2-13H,14H2,1H3,(H,25,29). The zero-order chi connectivity index (χ0) is 20.9. The quantitative estimate of drug-likeness (QED) is 0.388. The van der Waals surface area contributed by atoms with E-state index in [-0.39, 0.29) is 11.7 Å². The third kappa shape index (κ3) is 4.60. The number of nitrogens with one attached hydrogen (secondary N) is 1. The number of hydrogen-bond donors (Lipinski definition) is 1. The summed E-state index contributed by atoms with van der Waals surface area (Å²) in [5, 5.41) is 12.3. The van der Waals surface area contributed by atoms with Gasteiger partial charge in [0.25, 0.3) is 0 Å². The molecule has 6 nitrogen and oxygen atoms in total. The molecule has 2 aromatic carbocycles. The average molecular weight is 480 g/mol. The van der Waals surface area contributed by atoms with E-state index < -0.39 is 0 Å². The minimum atomic E-state index is -0.101. The Morgan fingerprint density at radius 3 is 2.67 bits per heavy atom. The molecule has 0 aliphatic heterocycles. The number of aryl methyl sites for hydroxylation is 1. The fourth-order valence-electron chi connectivity index (χ4n) is 2.94. The van der Waals surface area contributed by atoms with Gasteiger partial charge in [-0.15, -0.1) is 10.2 Å². The second-order valence-electron chi connectivity index (χ2n) is 6.51. The zero-order valence-electron chi connectivity index (χ0n) is 16.1. The van der Waals surface area contributed by atoms with Crippen molar-refractivity contribution in [2.45, 2.75) is 12.1 Å². The van der Waals surface area contributed by atoms with E-state index in [1.54, 1.807) is 12.4 Å². The highest BCUT2D eigenvalue weighted by Crippen LogP contribution is 2.28. The van der Waals surface area contributed by atoms with Crippen LogP contribution in [0, 0.1) is 6.92 Å². The van der Waals surface area contributed by atoms with Crippen LogP contribution in [-0.2, 0) is 4.79 Å². The Hall–Kier alpha value is -2.97. The lowest BCUT2D eigenvalue weighted by molar-refractivity contribution is -0.113. The molecule has 1 N–H and O–H groups in total. The van der Waals surface area contributed by atoms with Crippen molar-refractivity contribution in [3.05, 3.63) is 83.1 Å². The second kappa shape index (κ2) is 9.23. The molecule has 0 radical (unpaired) electrons. The zero-order valence-corrected chi connectivity index (χ0v) is 18.5. The number of halogens is 1. The van der Waals surface area contributed by atoms with E-state index in [1.165, 1.54) is 11.8 Å². The molecule has 0 aliphatic carbocycles. The van der Waals surface area contributed by atoms with Crippen molar-refractivity contribution in [3.63, 3.8) is 0 Å². The predicted octanol–water partition coefficient (Wildman–Crippen LogP) is 5.13. The van der Waals surface area contributed by atoms with E-state index in [9.17, 15) is 4.79 Å². The molecule has 0 unspecified atom stereocenters. The third-order valence-electron chi connectivity index (χ3n) is 4.36. The molecule has 2 aromatic heterocycles. The van der Waals surface area contributed by atoms with Gasteiger partial charge in [-0.25, -0.2) is 0 Å². The smallest absolute Gasteiger partial charge is 0.234 e. The molecule has 0 bridgehead atoms. The Kier molecular flexibility index (Phi) is 6.25. The molecule has 150 valence electrons. The maximum atomic E-state index is 12.5. The van der Waals surface area contributed by atoms with Crippen LogP contribution in [0.2, 0.25) is 0 Å². The van der Waals surface area contributed by atoms with Crippen LogP contribution in [0.25, 0.3) is 17.1 Å². The Bertz CT molecular complexity index is 1160. The molecule has 4 aromatic rings. The molecular formula is C22H18BrN5OS. The van der Waals surface area contributed by atoms with Crippen molar-refractivity contribution in [2.24, 2.45) is 0 Å². The highest BCUT2D eigenvalue weighted by atomic mass is 79.9. The summed E-state index contributed by atoms with van der Waals surface area (Å²) in [6.07, 6.45) is 3.47. The summed E-state index contributed by atoms with van der Waals surface area (Å²) in [5.41, 5.74) is 3.57. The number of benzene rings is 2. The van der Waals surface area contributed by atoms with Crippen molar-refractivity contribution in [1.29, 1.82) is 0 Å². The van der Waals surface area contributed by atoms with Crippen molar-refractivity contribution < 1.29 is 4.79 Å². The third-order valence-corrected chi connectivity index (χ3v) is 5.78. The van der Waals surface area contributed by atoms with Crippen LogP contribution in [0.15, 0.2) is 82.7 Å². The van der Waals surface area contributed by atoms with Crippen molar-refractivity contribution >= 4 is 39.3 Å². The van der Waals surface area contributed by atoms with Crippen LogP contribution in [0.4, 0.5) is 5.69 Å². The van der Waals surface area contributed by atoms with Gasteiger partial charge in [-0.2, -0.15) is 0 Å². The minimum absolute atomic E-state index is 0.101. The van der Waals surface area contributed by atoms with E-state index in [4.69, 9.17) is 0 Å². The molecular weight excluding hydrogens is 462 g/mol. The number of pyridine rings is 1. The van der Waals surface area contributed by atoms with E-state index in [0.717, 1.165) is 27.0 Å². The number of thioether (sulfide) groups is 1. The molecule has 30 heavy (non-hydrogen) atoms. The van der Waals surface area contributed by atoms with Gasteiger partial charge in [0.15, 0.2) is 11.0 Å². The summed E-state index contributed by atoms with van der Waals surface area (Å²) in [6, 6.07) is 19.4. The lowest BCUT2D eigenvalue weighted by Gasteiger charge is -2.11. The summed E-state index contributed by atoms with van der Waals surface area (Å²) in [7, 11) is 0. The fourth-order valence-corrected chi connectivity index (χ4v) is 4.17. The number of hydrogen-bond acceptors (Lipinski definition) is 5. The molecule has 2 heterocycles. The maximum Gasteiger partial charge on any atom is 0.234 e. The Balaban J connectivity index is 1.57. The van der Waals surface area contributed by atoms with Gasteiger partial charge in [0.2, 0.25) is 5.91 Å². The summed E-state index contributed by atoms with van der Waals surface area (Å²) < 4.78 is 2.92. The van der Waals surface area contributed by atoms with E-state index in [2.05, 4.69) is 36.4 Å². The molecule has 0 aliphatic rings. The summed E-state index contributed by atoms with van der Waals surface area (Å²) in [5.74, 6) is 0.796. The van der Waals surface area contributed by atoms with E-state index >= 15 is 0 Å². The first-order valence-corrected chi connectivity index (χ1v) is 11.0. The van der Waals surface area contributed by atoms with Gasteiger partial charge in [0.05, 0.1) is 5.75 Å². The SMILES string of the molecule is Cc1cc(Br)ccc1NC(=O)CSc1nnc(-c2cccnc2)n1-c1ccccc1. The number of carbonyl (C=O) groups excluding carboxylic acids is 1. The molecule has 1 amide bonds. The number of nitrogens with zero attached hydrogens (tertiary/aromatic N) is 4. The van der Waals surface area contributed by atoms with Gasteiger partial charge in [-0.1, -0.05) is 45.9 Å². The molecule has 0 atom stereocenters. The Morgan fingerprint density at radius 2 is 1.93 bits per heavy atom. The normalized spacial score (nSPS) is 10.7. The fraction of sp³-hybridized carbons (Fsp3) is 0.0909. The molecule has 4 rings (SSSR count). The first-order valence-electron chi connectivity index (χ1n) is 9.22. The molecule has 0 saturated carbocycles. The minimum Gasteiger partial charge on any atom is -0.325 e. The van der Waals surface area contributed by atoms with Gasteiger partial charge < -0.3 is 5.32 Å². The summed E-state index contributed by atoms with van der Waals surface area (Å²) >= 11 is 4.78. The average Bonchev–Trinajstić information content (AvgIpc) is 3.19. The first-order chi connectivity index (χ1) is 14.6. The Labute approximate surface area is 186 Å². The van der Waals surface area contributed by atoms with Gasteiger partial charge in [-0.3, -0.25) is 14.3 Å². The van der Waals surface area contributed by atoms with Gasteiger partial charge in [-0.05, 0) is 55.0 Å². The topological polar surface area (TPSA) is 72.7 Å². The Morgan fingerprint density at radius 1 is 1.10 bits per heavy atom. The number of para-hydroxylation sites is 1. The highest BCUT2D eigenvalue weighted by molar-refractivity contribution is 9.10. The van der Waals surface area contributed by atoms with Crippen LogP contribution in [0.5, 0.6) is 0 Å². The molecule has 0 fully saturated rings. The van der Waals surface area contributed by atoms with Crippen LogP contribution < -0.4 is 5.32 Å². The lowest BCUT2D eigenvalue weighted by Crippen LogP contribution is -2.15. The first kappa shape index (κ1) is 20.3. The maximum absolute atomic E-state index is 12.5. The number of carbonyl (C=O) groups is 1. The lowest BCUT2D eigenvalue weighted by atomic mass is 10.2. The van der Waals surface area contributed by atoms with E-state index in [0.29, 0.717) is 11.0 Å². The van der Waals surface area contributed by atoms with E-state index in [1.807, 2.05) is 72.2 Å². The van der Waals surface area contributed by atoms with Crippen molar-refractivity contribution in [3.8, 4) is 17.1 Å². The van der Waals surface area contributed by atoms with Crippen LogP contribution in [-0.4, -0.2) is 31.4 Å². The monoisotopic (exact) mass is 479 g/mol. The number of amides is 1. The predicted molar refractivity (Wildman–Crippen MR) is 123 cm³/mol. The van der Waals surface area contributed by atoms with Gasteiger partial charge in [0.1, 0.15) is 0 Å². The van der Waals surface area contributed by atoms with Crippen molar-refractivity contribution in [2.75, 3.05) is 11.1 Å². The highest BCUT2D eigenvalue weighted by Gasteiger charge is 2.17. The van der Waals surface area contributed by atoms with Gasteiger partial charge >= 0.3 is 0 Å². The molecule has 0 saturated heterocycles. The van der Waals surface area contributed by atoms with Crippen LogP contribution in [0.1, 0.15) is 5.56 Å². The number of aromatic nitrogens is 4. The summed E-state index contributed by atoms with van der Waals surface area (Å²) in [4.78, 5) is 16.7. The summed E-state index contributed by atoms with van der Waals surface area (Å²) in [6.45, 7) is 1.96. The molecule has 8 heteroatoms. The van der Waals surface area contributed by atoms with Crippen molar-refractivity contribution in [1.82, 2.24) is 19.7 Å². The van der Waals surface area contributed by atoms with Crippen LogP contribution >= 0.6 is 27.7 Å². The van der Waals surface area contributed by atoms with Crippen LogP contribution in [0.3, 0.4) is 0 Å².